The molecule has 1 aromatic rings. The fourth-order valence-electron chi connectivity index (χ4n) is 2.18. The number of methoxy groups -OCH3 is 2. The first-order valence-electron chi connectivity index (χ1n) is 6.35. The van der Waals surface area contributed by atoms with Gasteiger partial charge in [0.2, 0.25) is 0 Å². The predicted molar refractivity (Wildman–Crippen MR) is 69.8 cm³/mol. The van der Waals surface area contributed by atoms with Crippen molar-refractivity contribution in [2.75, 3.05) is 34.0 Å². The van der Waals surface area contributed by atoms with Gasteiger partial charge < -0.3 is 19.5 Å². The van der Waals surface area contributed by atoms with Gasteiger partial charge in [-0.1, -0.05) is 6.07 Å². The lowest BCUT2D eigenvalue weighted by atomic mass is 10.0. The maximum absolute atomic E-state index is 13.7. The van der Waals surface area contributed by atoms with Crippen molar-refractivity contribution in [1.82, 2.24) is 5.32 Å². The Labute approximate surface area is 112 Å². The monoisotopic (exact) mass is 269 g/mol. The Morgan fingerprint density at radius 2 is 2.26 bits per heavy atom. The van der Waals surface area contributed by atoms with Crippen LogP contribution in [0.3, 0.4) is 0 Å². The number of ether oxygens (including phenoxy) is 3. The Bertz CT molecular complexity index is 419. The molecule has 1 fully saturated rings. The second-order valence-corrected chi connectivity index (χ2v) is 4.75. The van der Waals surface area contributed by atoms with E-state index in [-0.39, 0.29) is 11.4 Å². The summed E-state index contributed by atoms with van der Waals surface area (Å²) in [5.41, 5.74) is 0.342. The predicted octanol–water partition coefficient (Wildman–Crippen LogP) is 1.73. The first kappa shape index (κ1) is 14.2. The van der Waals surface area contributed by atoms with Crippen LogP contribution in [0.25, 0.3) is 0 Å². The van der Waals surface area contributed by atoms with Crippen molar-refractivity contribution in [3.8, 4) is 5.75 Å². The summed E-state index contributed by atoms with van der Waals surface area (Å²) >= 11 is 0. The number of nitrogens with one attached hydrogen (secondary N) is 1. The summed E-state index contributed by atoms with van der Waals surface area (Å²) in [6.45, 7) is 2.41. The van der Waals surface area contributed by atoms with E-state index in [4.69, 9.17) is 14.2 Å². The Kier molecular flexibility index (Phi) is 4.74. The van der Waals surface area contributed by atoms with Crippen molar-refractivity contribution < 1.29 is 18.6 Å². The van der Waals surface area contributed by atoms with Gasteiger partial charge in [-0.3, -0.25) is 0 Å². The van der Waals surface area contributed by atoms with Gasteiger partial charge in [-0.25, -0.2) is 4.39 Å². The summed E-state index contributed by atoms with van der Waals surface area (Å²) in [6.07, 6.45) is 0.863. The minimum Gasteiger partial charge on any atom is -0.497 e. The largest absolute Gasteiger partial charge is 0.497 e. The van der Waals surface area contributed by atoms with Crippen LogP contribution in [0.2, 0.25) is 0 Å². The van der Waals surface area contributed by atoms with Gasteiger partial charge in [-0.05, 0) is 6.07 Å². The molecule has 1 atom stereocenters. The molecule has 0 saturated carbocycles. The molecule has 1 aliphatic heterocycles. The molecule has 1 N–H and O–H groups in total. The molecule has 0 aromatic heterocycles. The van der Waals surface area contributed by atoms with Crippen molar-refractivity contribution in [2.45, 2.75) is 18.6 Å². The first-order valence-corrected chi connectivity index (χ1v) is 6.35. The topological polar surface area (TPSA) is 39.7 Å². The Balaban J connectivity index is 1.88. The smallest absolute Gasteiger partial charge is 0.131 e. The van der Waals surface area contributed by atoms with Crippen LogP contribution in [0.1, 0.15) is 12.0 Å². The van der Waals surface area contributed by atoms with E-state index in [1.165, 1.54) is 13.2 Å². The molecule has 106 valence electrons. The quantitative estimate of drug-likeness (QED) is 0.853. The standard InChI is InChI=1S/C14H20FNO3/c1-17-12-4-3-11(13(15)7-12)8-16-9-14(18-2)5-6-19-10-14/h3-4,7,16H,5-6,8-10H2,1-2H3. The molecule has 1 aliphatic rings. The van der Waals surface area contributed by atoms with E-state index in [1.807, 2.05) is 0 Å². The molecule has 1 unspecified atom stereocenters. The van der Waals surface area contributed by atoms with Crippen LogP contribution in [0.4, 0.5) is 4.39 Å². The average Bonchev–Trinajstić information content (AvgIpc) is 2.90. The maximum atomic E-state index is 13.7. The molecule has 0 amide bonds. The Morgan fingerprint density at radius 3 is 2.84 bits per heavy atom. The third-order valence-electron chi connectivity index (χ3n) is 3.52. The van der Waals surface area contributed by atoms with Gasteiger partial charge in [0.25, 0.3) is 0 Å². The Morgan fingerprint density at radius 1 is 1.42 bits per heavy atom. The minimum absolute atomic E-state index is 0.263. The highest BCUT2D eigenvalue weighted by molar-refractivity contribution is 5.28. The van der Waals surface area contributed by atoms with E-state index in [2.05, 4.69) is 5.32 Å². The molecule has 0 bridgehead atoms. The van der Waals surface area contributed by atoms with Gasteiger partial charge in [-0.2, -0.15) is 0 Å². The first-order chi connectivity index (χ1) is 9.19. The molecule has 2 rings (SSSR count). The fourth-order valence-corrected chi connectivity index (χ4v) is 2.18. The average molecular weight is 269 g/mol. The zero-order chi connectivity index (χ0) is 13.7. The highest BCUT2D eigenvalue weighted by atomic mass is 19.1. The number of halogens is 1. The third-order valence-corrected chi connectivity index (χ3v) is 3.52. The molecule has 0 aliphatic carbocycles. The van der Waals surface area contributed by atoms with E-state index in [0.29, 0.717) is 37.6 Å². The Hall–Kier alpha value is -1.17. The van der Waals surface area contributed by atoms with Crippen LogP contribution in [-0.2, 0) is 16.0 Å². The van der Waals surface area contributed by atoms with Gasteiger partial charge in [-0.15, -0.1) is 0 Å². The second-order valence-electron chi connectivity index (χ2n) is 4.75. The highest BCUT2D eigenvalue weighted by Gasteiger charge is 2.34. The van der Waals surface area contributed by atoms with Gasteiger partial charge in [0, 0.05) is 44.9 Å². The SMILES string of the molecule is COc1ccc(CNCC2(OC)CCOC2)c(F)c1. The van der Waals surface area contributed by atoms with Crippen LogP contribution in [0.5, 0.6) is 5.75 Å². The van der Waals surface area contributed by atoms with Gasteiger partial charge in [0.1, 0.15) is 17.2 Å². The molecule has 1 aromatic carbocycles. The van der Waals surface area contributed by atoms with E-state index in [0.717, 1.165) is 6.42 Å². The summed E-state index contributed by atoms with van der Waals surface area (Å²) in [4.78, 5) is 0. The zero-order valence-electron chi connectivity index (χ0n) is 11.4. The number of rotatable bonds is 6. The third kappa shape index (κ3) is 3.43. The fraction of sp³-hybridized carbons (Fsp3) is 0.571. The number of benzene rings is 1. The minimum atomic E-state index is -0.275. The molecule has 4 nitrogen and oxygen atoms in total. The highest BCUT2D eigenvalue weighted by Crippen LogP contribution is 2.22. The van der Waals surface area contributed by atoms with Crippen LogP contribution < -0.4 is 10.1 Å². The lowest BCUT2D eigenvalue weighted by Crippen LogP contribution is -2.42. The molecule has 5 heteroatoms. The molecule has 0 radical (unpaired) electrons. The van der Waals surface area contributed by atoms with Crippen LogP contribution >= 0.6 is 0 Å². The molecule has 1 saturated heterocycles. The van der Waals surface area contributed by atoms with Gasteiger partial charge in [0.15, 0.2) is 0 Å². The van der Waals surface area contributed by atoms with Crippen LogP contribution in [0.15, 0.2) is 18.2 Å². The van der Waals surface area contributed by atoms with E-state index in [9.17, 15) is 4.39 Å². The summed E-state index contributed by atoms with van der Waals surface area (Å²) in [5.74, 6) is 0.264. The van der Waals surface area contributed by atoms with E-state index >= 15 is 0 Å². The van der Waals surface area contributed by atoms with E-state index < -0.39 is 0 Å². The number of hydrogen-bond donors (Lipinski definition) is 1. The van der Waals surface area contributed by atoms with Crippen LogP contribution in [-0.4, -0.2) is 39.6 Å². The maximum Gasteiger partial charge on any atom is 0.131 e. The van der Waals surface area contributed by atoms with Crippen molar-refractivity contribution in [3.63, 3.8) is 0 Å². The van der Waals surface area contributed by atoms with Gasteiger partial charge in [0.05, 0.1) is 13.7 Å². The summed E-state index contributed by atoms with van der Waals surface area (Å²) in [6, 6.07) is 4.87. The van der Waals surface area contributed by atoms with Crippen LogP contribution in [0, 0.1) is 5.82 Å². The summed E-state index contributed by atoms with van der Waals surface area (Å²) in [5, 5.41) is 3.23. The lowest BCUT2D eigenvalue weighted by Gasteiger charge is -2.26. The number of hydrogen-bond acceptors (Lipinski definition) is 4. The molecule has 1 heterocycles. The van der Waals surface area contributed by atoms with Gasteiger partial charge >= 0.3 is 0 Å². The zero-order valence-corrected chi connectivity index (χ0v) is 11.4. The van der Waals surface area contributed by atoms with Crippen molar-refractivity contribution in [2.24, 2.45) is 0 Å². The molecule has 0 spiro atoms. The lowest BCUT2D eigenvalue weighted by molar-refractivity contribution is -0.0159. The molecular formula is C14H20FNO3. The molecular weight excluding hydrogens is 249 g/mol. The second kappa shape index (κ2) is 6.32. The van der Waals surface area contributed by atoms with Crippen molar-refractivity contribution in [1.29, 1.82) is 0 Å². The van der Waals surface area contributed by atoms with Crippen molar-refractivity contribution in [3.05, 3.63) is 29.6 Å². The normalized spacial score (nSPS) is 22.7. The van der Waals surface area contributed by atoms with E-state index in [1.54, 1.807) is 19.2 Å². The molecule has 19 heavy (non-hydrogen) atoms. The summed E-state index contributed by atoms with van der Waals surface area (Å²) < 4.78 is 29.6. The summed E-state index contributed by atoms with van der Waals surface area (Å²) in [7, 11) is 3.21. The van der Waals surface area contributed by atoms with Crippen molar-refractivity contribution >= 4 is 0 Å².